The average Bonchev–Trinajstić information content (AvgIpc) is 3.41. The largest absolute Gasteiger partial charge is 0.361 e. The zero-order valence-corrected chi connectivity index (χ0v) is 15.7. The molecular weight excluding hydrogens is 378 g/mol. The van der Waals surface area contributed by atoms with Crippen LogP contribution in [0.15, 0.2) is 46.8 Å². The molecule has 3 aromatic heterocycles. The number of pyridine rings is 1. The number of anilines is 1. The Kier molecular flexibility index (Phi) is 3.86. The van der Waals surface area contributed by atoms with Gasteiger partial charge in [0.05, 0.1) is 10.4 Å². The number of fused-ring (bicyclic) bond motifs is 3. The molecular formula is C18H15N7O2S. The van der Waals surface area contributed by atoms with Gasteiger partial charge in [0, 0.05) is 11.4 Å². The minimum Gasteiger partial charge on any atom is -0.361 e. The molecule has 0 radical (unpaired) electrons. The van der Waals surface area contributed by atoms with Gasteiger partial charge in [0.15, 0.2) is 10.8 Å². The summed E-state index contributed by atoms with van der Waals surface area (Å²) in [6.07, 6.45) is 3.22. The molecule has 5 rings (SSSR count). The zero-order chi connectivity index (χ0) is 19.3. The normalized spacial score (nSPS) is 13.9. The lowest BCUT2D eigenvalue weighted by Crippen LogP contribution is -2.07. The summed E-state index contributed by atoms with van der Waals surface area (Å²) in [6.45, 7) is 2.04. The predicted octanol–water partition coefficient (Wildman–Crippen LogP) is 3.61. The summed E-state index contributed by atoms with van der Waals surface area (Å²) in [7, 11) is 0. The van der Waals surface area contributed by atoms with E-state index >= 15 is 0 Å². The maximum Gasteiger partial charge on any atom is 0.329 e. The Morgan fingerprint density at radius 3 is 2.89 bits per heavy atom. The fraction of sp³-hybridized carbons (Fsp3) is 0.222. The number of aromatic nitrogens is 5. The van der Waals surface area contributed by atoms with E-state index in [0.717, 1.165) is 35.0 Å². The van der Waals surface area contributed by atoms with E-state index in [1.807, 2.05) is 35.6 Å². The van der Waals surface area contributed by atoms with E-state index in [4.69, 9.17) is 0 Å². The van der Waals surface area contributed by atoms with Crippen molar-refractivity contribution in [2.24, 2.45) is 0 Å². The highest BCUT2D eigenvalue weighted by Crippen LogP contribution is 2.33. The van der Waals surface area contributed by atoms with Gasteiger partial charge in [0.2, 0.25) is 11.0 Å². The van der Waals surface area contributed by atoms with Crippen molar-refractivity contribution >= 4 is 39.8 Å². The van der Waals surface area contributed by atoms with E-state index in [1.54, 1.807) is 0 Å². The maximum atomic E-state index is 11.3. The highest BCUT2D eigenvalue weighted by atomic mass is 32.2. The maximum absolute atomic E-state index is 11.3. The number of hydrogen-bond acceptors (Lipinski definition) is 8. The Bertz CT molecular complexity index is 1240. The lowest BCUT2D eigenvalue weighted by molar-refractivity contribution is -0.384. The van der Waals surface area contributed by atoms with Gasteiger partial charge in [-0.25, -0.2) is 4.98 Å². The summed E-state index contributed by atoms with van der Waals surface area (Å²) in [5, 5.41) is 25.0. The third-order valence-corrected chi connectivity index (χ3v) is 5.44. The van der Waals surface area contributed by atoms with Crippen LogP contribution in [0.5, 0.6) is 0 Å². The molecule has 0 aliphatic heterocycles. The van der Waals surface area contributed by atoms with Crippen molar-refractivity contribution in [1.82, 2.24) is 24.6 Å². The molecule has 0 saturated heterocycles. The summed E-state index contributed by atoms with van der Waals surface area (Å²) < 4.78 is 1.95. The van der Waals surface area contributed by atoms with E-state index in [9.17, 15) is 10.1 Å². The van der Waals surface area contributed by atoms with E-state index < -0.39 is 4.92 Å². The Morgan fingerprint density at radius 2 is 2.11 bits per heavy atom. The Labute approximate surface area is 163 Å². The highest BCUT2D eigenvalue weighted by molar-refractivity contribution is 7.99. The molecule has 1 N–H and O–H groups in total. The van der Waals surface area contributed by atoms with Gasteiger partial charge >= 0.3 is 5.69 Å². The van der Waals surface area contributed by atoms with Gasteiger partial charge in [-0.15, -0.1) is 10.2 Å². The number of benzene rings is 1. The number of nitro groups is 1. The quantitative estimate of drug-likeness (QED) is 0.311. The fourth-order valence-electron chi connectivity index (χ4n) is 3.09. The molecule has 1 aliphatic rings. The summed E-state index contributed by atoms with van der Waals surface area (Å²) in [5.74, 6) is 0.250. The van der Waals surface area contributed by atoms with Crippen LogP contribution in [0.25, 0.3) is 16.6 Å². The molecule has 10 heteroatoms. The molecule has 1 saturated carbocycles. The Hall–Kier alpha value is -3.27. The molecule has 1 aliphatic carbocycles. The monoisotopic (exact) mass is 393 g/mol. The molecule has 140 valence electrons. The Balaban J connectivity index is 1.58. The first kappa shape index (κ1) is 16.9. The molecule has 1 aromatic carbocycles. The van der Waals surface area contributed by atoms with Crippen LogP contribution >= 0.6 is 11.8 Å². The van der Waals surface area contributed by atoms with Gasteiger partial charge in [-0.2, -0.15) is 4.98 Å². The molecule has 1 fully saturated rings. The van der Waals surface area contributed by atoms with Crippen LogP contribution in [0.4, 0.5) is 11.5 Å². The first-order valence-corrected chi connectivity index (χ1v) is 9.61. The van der Waals surface area contributed by atoms with E-state index in [0.29, 0.717) is 10.3 Å². The summed E-state index contributed by atoms with van der Waals surface area (Å²) in [5.41, 5.74) is 2.72. The third kappa shape index (κ3) is 2.91. The first-order chi connectivity index (χ1) is 13.6. The molecule has 0 spiro atoms. The predicted molar refractivity (Wildman–Crippen MR) is 105 cm³/mol. The van der Waals surface area contributed by atoms with Gasteiger partial charge < -0.3 is 5.32 Å². The second-order valence-corrected chi connectivity index (χ2v) is 7.62. The van der Waals surface area contributed by atoms with Crippen molar-refractivity contribution in [3.8, 4) is 0 Å². The van der Waals surface area contributed by atoms with E-state index in [-0.39, 0.29) is 17.5 Å². The van der Waals surface area contributed by atoms with Gasteiger partial charge in [-0.3, -0.25) is 14.5 Å². The minimum atomic E-state index is -0.470. The molecule has 4 aromatic rings. The Morgan fingerprint density at radius 1 is 1.29 bits per heavy atom. The third-order valence-electron chi connectivity index (χ3n) is 4.62. The fourth-order valence-corrected chi connectivity index (χ4v) is 3.86. The van der Waals surface area contributed by atoms with E-state index in [2.05, 4.69) is 31.5 Å². The summed E-state index contributed by atoms with van der Waals surface area (Å²) >= 11 is 1.23. The van der Waals surface area contributed by atoms with Crippen LogP contribution in [0, 0.1) is 17.0 Å². The van der Waals surface area contributed by atoms with Gasteiger partial charge in [0.1, 0.15) is 6.20 Å². The molecule has 0 unspecified atom stereocenters. The highest BCUT2D eigenvalue weighted by Gasteiger charge is 2.27. The molecule has 0 amide bonds. The zero-order valence-electron chi connectivity index (χ0n) is 14.9. The minimum absolute atomic E-state index is 0.122. The van der Waals surface area contributed by atoms with Crippen molar-refractivity contribution in [2.45, 2.75) is 36.1 Å². The summed E-state index contributed by atoms with van der Waals surface area (Å²) in [4.78, 5) is 19.3. The molecule has 9 nitrogen and oxygen atoms in total. The summed E-state index contributed by atoms with van der Waals surface area (Å²) in [6, 6.07) is 10.3. The van der Waals surface area contributed by atoms with Crippen LogP contribution in [0.2, 0.25) is 0 Å². The SMILES string of the molecule is Cc1cc2nnc(Sc3ncc([N+](=O)[O-])c(NC4CC4)n3)n2c2ccccc12. The number of hydrogen-bond donors (Lipinski definition) is 1. The van der Waals surface area contributed by atoms with Crippen molar-refractivity contribution in [1.29, 1.82) is 0 Å². The van der Waals surface area contributed by atoms with Crippen molar-refractivity contribution < 1.29 is 4.92 Å². The average molecular weight is 393 g/mol. The standard InChI is InChI=1S/C18H15N7O2S/c1-10-8-15-22-23-18(24(15)13-5-3-2-4-12(10)13)28-17-19-9-14(25(26)27)16(21-17)20-11-6-7-11/h2-5,8-9,11H,6-7H2,1H3,(H,19,20,21). The van der Waals surface area contributed by atoms with Crippen molar-refractivity contribution in [2.75, 3.05) is 5.32 Å². The van der Waals surface area contributed by atoms with Crippen LogP contribution in [0.3, 0.4) is 0 Å². The second kappa shape index (κ2) is 6.41. The number of aryl methyl sites for hydroxylation is 1. The van der Waals surface area contributed by atoms with Gasteiger partial charge in [-0.1, -0.05) is 18.2 Å². The van der Waals surface area contributed by atoms with Gasteiger partial charge in [0.25, 0.3) is 0 Å². The lowest BCUT2D eigenvalue weighted by atomic mass is 10.1. The topological polar surface area (TPSA) is 111 Å². The van der Waals surface area contributed by atoms with Crippen LogP contribution in [-0.4, -0.2) is 35.5 Å². The molecule has 3 heterocycles. The molecule has 0 bridgehead atoms. The number of nitrogens with zero attached hydrogens (tertiary/aromatic N) is 6. The van der Waals surface area contributed by atoms with E-state index in [1.165, 1.54) is 18.0 Å². The first-order valence-electron chi connectivity index (χ1n) is 8.79. The van der Waals surface area contributed by atoms with Crippen molar-refractivity contribution in [3.63, 3.8) is 0 Å². The molecule has 28 heavy (non-hydrogen) atoms. The lowest BCUT2D eigenvalue weighted by Gasteiger charge is -2.08. The smallest absolute Gasteiger partial charge is 0.329 e. The van der Waals surface area contributed by atoms with Crippen LogP contribution < -0.4 is 5.32 Å². The van der Waals surface area contributed by atoms with Crippen molar-refractivity contribution in [3.05, 3.63) is 52.2 Å². The number of nitrogens with one attached hydrogen (secondary N) is 1. The van der Waals surface area contributed by atoms with Crippen LogP contribution in [0.1, 0.15) is 18.4 Å². The van der Waals surface area contributed by atoms with Crippen LogP contribution in [-0.2, 0) is 0 Å². The second-order valence-electron chi connectivity index (χ2n) is 6.68. The number of rotatable bonds is 5. The molecule has 0 atom stereocenters. The van der Waals surface area contributed by atoms with Gasteiger partial charge in [-0.05, 0) is 49.2 Å². The number of para-hydroxylation sites is 1.